The van der Waals surface area contributed by atoms with Crippen molar-refractivity contribution in [2.45, 2.75) is 6.92 Å². The quantitative estimate of drug-likeness (QED) is 0.512. The zero-order valence-electron chi connectivity index (χ0n) is 15.5. The van der Waals surface area contributed by atoms with Crippen molar-refractivity contribution in [2.24, 2.45) is 0 Å². The van der Waals surface area contributed by atoms with E-state index in [1.54, 1.807) is 18.2 Å². The van der Waals surface area contributed by atoms with Crippen molar-refractivity contribution < 1.29 is 18.7 Å². The van der Waals surface area contributed by atoms with Crippen molar-refractivity contribution in [2.75, 3.05) is 19.5 Å². The number of aryl methyl sites for hydroxylation is 1. The summed E-state index contributed by atoms with van der Waals surface area (Å²) in [6, 6.07) is 12.8. The highest BCUT2D eigenvalue weighted by Crippen LogP contribution is 2.36. The molecule has 0 aliphatic carbocycles. The summed E-state index contributed by atoms with van der Waals surface area (Å²) in [6.45, 7) is 2.00. The lowest BCUT2D eigenvalue weighted by Crippen LogP contribution is -2.11. The molecule has 4 aromatic rings. The maximum Gasteiger partial charge on any atom is 0.291 e. The van der Waals surface area contributed by atoms with Crippen LogP contribution in [0.4, 0.5) is 5.69 Å². The number of fused-ring (bicyclic) bond motifs is 2. The number of nitrogens with one attached hydrogen (secondary N) is 1. The number of amides is 1. The van der Waals surface area contributed by atoms with E-state index in [1.165, 1.54) is 14.2 Å². The molecule has 0 unspecified atom stereocenters. The van der Waals surface area contributed by atoms with Gasteiger partial charge in [0.1, 0.15) is 11.5 Å². The second-order valence-electron chi connectivity index (χ2n) is 6.33. The van der Waals surface area contributed by atoms with E-state index >= 15 is 0 Å². The molecule has 0 bridgehead atoms. The van der Waals surface area contributed by atoms with Crippen molar-refractivity contribution in [3.8, 4) is 11.5 Å². The van der Waals surface area contributed by atoms with E-state index in [4.69, 9.17) is 25.5 Å². The molecule has 0 aliphatic heterocycles. The SMILES string of the molecule is COc1cc(OC)c(NC(=O)c2cc3cc4ccc(C)cc4nc3o2)cc1Cl. The van der Waals surface area contributed by atoms with Gasteiger partial charge in [-0.15, -0.1) is 0 Å². The van der Waals surface area contributed by atoms with Crippen LogP contribution in [0.1, 0.15) is 16.1 Å². The molecule has 142 valence electrons. The Kier molecular flexibility index (Phi) is 4.57. The molecule has 4 rings (SSSR count). The van der Waals surface area contributed by atoms with Gasteiger partial charge < -0.3 is 19.2 Å². The predicted molar refractivity (Wildman–Crippen MR) is 109 cm³/mol. The zero-order chi connectivity index (χ0) is 19.8. The van der Waals surface area contributed by atoms with Gasteiger partial charge in [-0.25, -0.2) is 4.98 Å². The third-order valence-corrected chi connectivity index (χ3v) is 4.70. The number of nitrogens with zero attached hydrogens (tertiary/aromatic N) is 1. The largest absolute Gasteiger partial charge is 0.495 e. The minimum Gasteiger partial charge on any atom is -0.495 e. The maximum absolute atomic E-state index is 12.7. The van der Waals surface area contributed by atoms with E-state index < -0.39 is 5.91 Å². The van der Waals surface area contributed by atoms with E-state index in [2.05, 4.69) is 10.3 Å². The molecule has 2 heterocycles. The van der Waals surface area contributed by atoms with Gasteiger partial charge in [-0.2, -0.15) is 0 Å². The standard InChI is InChI=1S/C21H17ClN2O4/c1-11-4-5-12-7-13-8-19(28-21(13)24-15(12)6-11)20(25)23-16-9-14(22)17(26-2)10-18(16)27-3/h4-10H,1-3H3,(H,23,25). The first kappa shape index (κ1) is 18.1. The predicted octanol–water partition coefficient (Wildman–Crippen LogP) is 5.21. The number of halogens is 1. The van der Waals surface area contributed by atoms with Crippen molar-refractivity contribution in [1.29, 1.82) is 0 Å². The molecule has 0 aliphatic rings. The highest BCUT2D eigenvalue weighted by atomic mass is 35.5. The lowest BCUT2D eigenvalue weighted by atomic mass is 10.1. The van der Waals surface area contributed by atoms with Crippen molar-refractivity contribution in [3.63, 3.8) is 0 Å². The molecular weight excluding hydrogens is 380 g/mol. The number of rotatable bonds is 4. The van der Waals surface area contributed by atoms with Crippen LogP contribution in [0.25, 0.3) is 22.0 Å². The Labute approximate surface area is 166 Å². The van der Waals surface area contributed by atoms with Crippen LogP contribution in [0, 0.1) is 6.92 Å². The molecule has 0 radical (unpaired) electrons. The number of ether oxygens (including phenoxy) is 2. The van der Waals surface area contributed by atoms with Crippen LogP contribution >= 0.6 is 11.6 Å². The molecule has 0 saturated carbocycles. The number of carbonyl (C=O) groups is 1. The Morgan fingerprint density at radius 2 is 1.82 bits per heavy atom. The van der Waals surface area contributed by atoms with Crippen molar-refractivity contribution >= 4 is 45.2 Å². The molecule has 7 heteroatoms. The van der Waals surface area contributed by atoms with E-state index in [0.29, 0.717) is 27.9 Å². The average Bonchev–Trinajstić information content (AvgIpc) is 3.09. The Balaban J connectivity index is 1.69. The van der Waals surface area contributed by atoms with Gasteiger partial charge in [0.2, 0.25) is 5.71 Å². The molecule has 28 heavy (non-hydrogen) atoms. The van der Waals surface area contributed by atoms with Gasteiger partial charge >= 0.3 is 0 Å². The molecule has 1 amide bonds. The summed E-state index contributed by atoms with van der Waals surface area (Å²) < 4.78 is 16.1. The highest BCUT2D eigenvalue weighted by Gasteiger charge is 2.17. The number of pyridine rings is 1. The van der Waals surface area contributed by atoms with Gasteiger partial charge in [-0.3, -0.25) is 4.79 Å². The minimum atomic E-state index is -0.433. The summed E-state index contributed by atoms with van der Waals surface area (Å²) in [5.41, 5.74) is 2.74. The van der Waals surface area contributed by atoms with Crippen LogP contribution in [-0.4, -0.2) is 25.1 Å². The number of hydrogen-bond donors (Lipinski definition) is 1. The summed E-state index contributed by atoms with van der Waals surface area (Å²) in [5.74, 6) is 0.581. The van der Waals surface area contributed by atoms with E-state index in [9.17, 15) is 4.79 Å². The number of hydrogen-bond acceptors (Lipinski definition) is 5. The first-order chi connectivity index (χ1) is 13.5. The average molecular weight is 397 g/mol. The molecule has 6 nitrogen and oxygen atoms in total. The summed E-state index contributed by atoms with van der Waals surface area (Å²) in [4.78, 5) is 17.2. The molecule has 0 atom stereocenters. The number of methoxy groups -OCH3 is 2. The Bertz CT molecular complexity index is 1220. The topological polar surface area (TPSA) is 73.6 Å². The van der Waals surface area contributed by atoms with Crippen LogP contribution in [0.2, 0.25) is 5.02 Å². The fraction of sp³-hybridized carbons (Fsp3) is 0.143. The maximum atomic E-state index is 12.7. The van der Waals surface area contributed by atoms with Crippen LogP contribution in [-0.2, 0) is 0 Å². The van der Waals surface area contributed by atoms with Gasteiger partial charge in [-0.05, 0) is 36.8 Å². The lowest BCUT2D eigenvalue weighted by Gasteiger charge is -2.12. The van der Waals surface area contributed by atoms with E-state index in [0.717, 1.165) is 21.9 Å². The first-order valence-corrected chi connectivity index (χ1v) is 8.90. The zero-order valence-corrected chi connectivity index (χ0v) is 16.3. The van der Waals surface area contributed by atoms with Crippen LogP contribution in [0.15, 0.2) is 46.9 Å². The van der Waals surface area contributed by atoms with Gasteiger partial charge in [0.15, 0.2) is 5.76 Å². The molecule has 0 spiro atoms. The van der Waals surface area contributed by atoms with Crippen molar-refractivity contribution in [1.82, 2.24) is 4.98 Å². The third kappa shape index (κ3) is 3.23. The Morgan fingerprint density at radius 1 is 1.04 bits per heavy atom. The van der Waals surface area contributed by atoms with Crippen LogP contribution < -0.4 is 14.8 Å². The smallest absolute Gasteiger partial charge is 0.291 e. The third-order valence-electron chi connectivity index (χ3n) is 4.41. The van der Waals surface area contributed by atoms with E-state index in [-0.39, 0.29) is 5.76 Å². The lowest BCUT2D eigenvalue weighted by molar-refractivity contribution is 0.0998. The second-order valence-corrected chi connectivity index (χ2v) is 6.74. The van der Waals surface area contributed by atoms with Crippen molar-refractivity contribution in [3.05, 3.63) is 58.8 Å². The summed E-state index contributed by atoms with van der Waals surface area (Å²) in [6.07, 6.45) is 0. The normalized spacial score (nSPS) is 11.0. The number of aromatic nitrogens is 1. The summed E-state index contributed by atoms with van der Waals surface area (Å²) >= 11 is 6.16. The summed E-state index contributed by atoms with van der Waals surface area (Å²) in [5, 5.41) is 4.84. The first-order valence-electron chi connectivity index (χ1n) is 8.52. The molecule has 1 N–H and O–H groups in total. The Morgan fingerprint density at radius 3 is 2.57 bits per heavy atom. The number of benzene rings is 2. The minimum absolute atomic E-state index is 0.142. The molecular formula is C21H17ClN2O4. The highest BCUT2D eigenvalue weighted by molar-refractivity contribution is 6.32. The Hall–Kier alpha value is -3.25. The fourth-order valence-electron chi connectivity index (χ4n) is 2.99. The molecule has 0 fully saturated rings. The van der Waals surface area contributed by atoms with Gasteiger partial charge in [0.25, 0.3) is 5.91 Å². The fourth-order valence-corrected chi connectivity index (χ4v) is 3.23. The number of carbonyl (C=O) groups excluding carboxylic acids is 1. The monoisotopic (exact) mass is 396 g/mol. The van der Waals surface area contributed by atoms with Gasteiger partial charge in [-0.1, -0.05) is 23.7 Å². The van der Waals surface area contributed by atoms with E-state index in [1.807, 2.05) is 31.2 Å². The number of furan rings is 1. The van der Waals surface area contributed by atoms with Crippen LogP contribution in [0.5, 0.6) is 11.5 Å². The molecule has 2 aromatic heterocycles. The molecule has 0 saturated heterocycles. The van der Waals surface area contributed by atoms with Crippen LogP contribution in [0.3, 0.4) is 0 Å². The summed E-state index contributed by atoms with van der Waals surface area (Å²) in [7, 11) is 3.00. The van der Waals surface area contributed by atoms with Gasteiger partial charge in [0.05, 0.1) is 30.4 Å². The molecule has 2 aromatic carbocycles. The van der Waals surface area contributed by atoms with Gasteiger partial charge in [0, 0.05) is 16.8 Å². The number of anilines is 1. The second kappa shape index (κ2) is 7.05.